The van der Waals surface area contributed by atoms with E-state index in [1.807, 2.05) is 39.0 Å². The number of para-hydroxylation sites is 1. The van der Waals surface area contributed by atoms with Gasteiger partial charge < -0.3 is 15.5 Å². The normalized spacial score (nSPS) is 21.1. The predicted octanol–water partition coefficient (Wildman–Crippen LogP) is 6.34. The minimum atomic E-state index is -5.07. The van der Waals surface area contributed by atoms with Gasteiger partial charge in [0.15, 0.2) is 0 Å². The first-order valence-corrected chi connectivity index (χ1v) is 12.3. The average molecular weight is 544 g/mol. The van der Waals surface area contributed by atoms with Crippen molar-refractivity contribution in [2.45, 2.75) is 59.4 Å². The molecule has 1 saturated heterocycles. The van der Waals surface area contributed by atoms with Gasteiger partial charge in [0.25, 0.3) is 0 Å². The third-order valence-corrected chi connectivity index (χ3v) is 7.28. The highest BCUT2D eigenvalue weighted by Crippen LogP contribution is 2.45. The van der Waals surface area contributed by atoms with Gasteiger partial charge in [-0.15, -0.1) is 0 Å². The number of carbonyl (C=O) groups is 2. The number of rotatable bonds is 7. The minimum Gasteiger partial charge on any atom is -0.325 e. The van der Waals surface area contributed by atoms with E-state index in [1.54, 1.807) is 13.8 Å². The van der Waals surface area contributed by atoms with Crippen molar-refractivity contribution in [3.63, 3.8) is 0 Å². The summed E-state index contributed by atoms with van der Waals surface area (Å²) >= 11 is 0. The molecule has 208 valence electrons. The van der Waals surface area contributed by atoms with Crippen LogP contribution in [0, 0.1) is 25.2 Å². The molecule has 0 radical (unpaired) electrons. The molecule has 2 aromatic carbocycles. The van der Waals surface area contributed by atoms with Crippen molar-refractivity contribution in [2.75, 3.05) is 23.3 Å². The third kappa shape index (κ3) is 5.52. The first kappa shape index (κ1) is 29.5. The van der Waals surface area contributed by atoms with E-state index in [0.717, 1.165) is 11.1 Å². The largest absolute Gasteiger partial charge is 0.416 e. The molecule has 38 heavy (non-hydrogen) atoms. The predicted molar refractivity (Wildman–Crippen MR) is 133 cm³/mol. The lowest BCUT2D eigenvalue weighted by molar-refractivity contribution is -0.143. The number of alkyl halides is 6. The molecule has 1 heterocycles. The van der Waals surface area contributed by atoms with Crippen LogP contribution in [-0.4, -0.2) is 30.9 Å². The summed E-state index contributed by atoms with van der Waals surface area (Å²) in [4.78, 5) is 28.9. The van der Waals surface area contributed by atoms with Crippen LogP contribution >= 0.6 is 0 Å². The highest BCUT2D eigenvalue weighted by Gasteiger charge is 2.58. The molecule has 3 unspecified atom stereocenters. The van der Waals surface area contributed by atoms with Gasteiger partial charge in [-0.2, -0.15) is 26.3 Å². The van der Waals surface area contributed by atoms with E-state index < -0.39 is 52.4 Å². The van der Waals surface area contributed by atoms with Crippen LogP contribution in [0.3, 0.4) is 0 Å². The van der Waals surface area contributed by atoms with Crippen molar-refractivity contribution < 1.29 is 35.9 Å². The van der Waals surface area contributed by atoms with Crippen molar-refractivity contribution >= 4 is 23.2 Å². The van der Waals surface area contributed by atoms with Gasteiger partial charge in [-0.1, -0.05) is 32.0 Å². The molecule has 3 atom stereocenters. The molecule has 1 fully saturated rings. The van der Waals surface area contributed by atoms with Crippen molar-refractivity contribution in [3.05, 3.63) is 58.7 Å². The summed E-state index contributed by atoms with van der Waals surface area (Å²) in [5.41, 5.74) is -3.01. The molecule has 0 bridgehead atoms. The molecule has 0 saturated carbocycles. The van der Waals surface area contributed by atoms with Crippen LogP contribution in [0.15, 0.2) is 36.4 Å². The summed E-state index contributed by atoms with van der Waals surface area (Å²) in [5.74, 6) is -2.12. The van der Waals surface area contributed by atoms with Gasteiger partial charge in [0.1, 0.15) is 0 Å². The lowest BCUT2D eigenvalue weighted by Gasteiger charge is -2.37. The average Bonchev–Trinajstić information content (AvgIpc) is 3.07. The summed E-state index contributed by atoms with van der Waals surface area (Å²) < 4.78 is 80.4. The summed E-state index contributed by atoms with van der Waals surface area (Å²) in [6.45, 7) is 9.18. The molecular formula is C27H31F6N3O2. The number of aryl methyl sites for hydroxylation is 2. The Morgan fingerprint density at radius 2 is 1.58 bits per heavy atom. The molecule has 0 aliphatic carbocycles. The molecule has 2 aromatic rings. The lowest BCUT2D eigenvalue weighted by atomic mass is 9.72. The fourth-order valence-electron chi connectivity index (χ4n) is 5.15. The molecule has 1 aliphatic rings. The van der Waals surface area contributed by atoms with Crippen LogP contribution in [0.4, 0.5) is 37.7 Å². The highest BCUT2D eigenvalue weighted by molar-refractivity contribution is 6.08. The highest BCUT2D eigenvalue weighted by atomic mass is 19.4. The summed E-state index contributed by atoms with van der Waals surface area (Å²) in [6.07, 6.45) is -9.43. The second-order valence-electron chi connectivity index (χ2n) is 9.85. The molecule has 11 heteroatoms. The zero-order valence-corrected chi connectivity index (χ0v) is 21.8. The standard InChI is InChI=1S/C27H31F6N3O2/c1-6-10-34-18(5)25(14-36(23(37)17(25)4)22-15(2)8-7-9-16(22)3)24(38)35-21-12-19(26(28,29)30)11-20(13-21)27(31,32)33/h7-9,11-13,17-18,34H,6,10,14H2,1-5H3,(H,35,38). The first-order chi connectivity index (χ1) is 17.5. The molecule has 3 rings (SSSR count). The number of halogens is 6. The second-order valence-corrected chi connectivity index (χ2v) is 9.85. The molecular weight excluding hydrogens is 512 g/mol. The van der Waals surface area contributed by atoms with E-state index in [4.69, 9.17) is 0 Å². The number of benzene rings is 2. The van der Waals surface area contributed by atoms with Gasteiger partial charge in [-0.25, -0.2) is 0 Å². The maximum Gasteiger partial charge on any atom is 0.416 e. The van der Waals surface area contributed by atoms with E-state index in [2.05, 4.69) is 10.6 Å². The van der Waals surface area contributed by atoms with Crippen LogP contribution in [0.25, 0.3) is 0 Å². The van der Waals surface area contributed by atoms with E-state index in [0.29, 0.717) is 30.8 Å². The van der Waals surface area contributed by atoms with E-state index in [9.17, 15) is 35.9 Å². The van der Waals surface area contributed by atoms with Crippen molar-refractivity contribution in [1.29, 1.82) is 0 Å². The fourth-order valence-corrected chi connectivity index (χ4v) is 5.15. The van der Waals surface area contributed by atoms with E-state index in [1.165, 1.54) is 4.90 Å². The van der Waals surface area contributed by atoms with Crippen molar-refractivity contribution in [1.82, 2.24) is 5.32 Å². The summed E-state index contributed by atoms with van der Waals surface area (Å²) in [6, 6.07) is 5.77. The molecule has 5 nitrogen and oxygen atoms in total. The third-order valence-electron chi connectivity index (χ3n) is 7.28. The van der Waals surface area contributed by atoms with Gasteiger partial charge in [0, 0.05) is 24.0 Å². The zero-order valence-electron chi connectivity index (χ0n) is 21.8. The van der Waals surface area contributed by atoms with Gasteiger partial charge >= 0.3 is 12.4 Å². The zero-order chi connectivity index (χ0) is 28.6. The summed E-state index contributed by atoms with van der Waals surface area (Å²) in [7, 11) is 0. The van der Waals surface area contributed by atoms with Crippen LogP contribution in [-0.2, 0) is 21.9 Å². The Kier molecular flexibility index (Phi) is 8.21. The van der Waals surface area contributed by atoms with E-state index >= 15 is 0 Å². The number of hydrogen-bond acceptors (Lipinski definition) is 3. The maximum absolute atomic E-state index is 13.9. The van der Waals surface area contributed by atoms with Crippen molar-refractivity contribution in [3.8, 4) is 0 Å². The first-order valence-electron chi connectivity index (χ1n) is 12.3. The maximum atomic E-state index is 13.9. The van der Waals surface area contributed by atoms with Gasteiger partial charge in [0.05, 0.1) is 22.5 Å². The van der Waals surface area contributed by atoms with Crippen LogP contribution in [0.5, 0.6) is 0 Å². The van der Waals surface area contributed by atoms with E-state index in [-0.39, 0.29) is 18.5 Å². The van der Waals surface area contributed by atoms with Gasteiger partial charge in [0.2, 0.25) is 11.8 Å². The number of nitrogens with zero attached hydrogens (tertiary/aromatic N) is 1. The lowest BCUT2D eigenvalue weighted by Crippen LogP contribution is -2.55. The molecule has 2 amide bonds. The number of anilines is 2. The minimum absolute atomic E-state index is 0.00125. The molecule has 0 spiro atoms. The monoisotopic (exact) mass is 543 g/mol. The molecule has 1 aliphatic heterocycles. The van der Waals surface area contributed by atoms with Gasteiger partial charge in [-0.05, 0) is 63.1 Å². The smallest absolute Gasteiger partial charge is 0.325 e. The van der Waals surface area contributed by atoms with Gasteiger partial charge in [-0.3, -0.25) is 9.59 Å². The Labute approximate surface area is 217 Å². The van der Waals surface area contributed by atoms with Crippen molar-refractivity contribution in [2.24, 2.45) is 11.3 Å². The topological polar surface area (TPSA) is 61.4 Å². The molecule has 0 aromatic heterocycles. The number of hydrogen-bond donors (Lipinski definition) is 2. The Hall–Kier alpha value is -3.08. The van der Waals surface area contributed by atoms with Crippen LogP contribution < -0.4 is 15.5 Å². The van der Waals surface area contributed by atoms with Crippen LogP contribution in [0.1, 0.15) is 49.4 Å². The van der Waals surface area contributed by atoms with Crippen LogP contribution in [0.2, 0.25) is 0 Å². The number of amides is 2. The Balaban J connectivity index is 2.11. The fraction of sp³-hybridized carbons (Fsp3) is 0.481. The SMILES string of the molecule is CCCNC(C)C1(C(=O)Nc2cc(C(F)(F)F)cc(C(F)(F)F)c2)CN(c2c(C)cccc2C)C(=O)C1C. The molecule has 2 N–H and O–H groups in total. The number of carbonyl (C=O) groups excluding carboxylic acids is 2. The quantitative estimate of drug-likeness (QED) is 0.401. The Morgan fingerprint density at radius 3 is 2.05 bits per heavy atom. The Morgan fingerprint density at radius 1 is 1.05 bits per heavy atom. The number of nitrogens with one attached hydrogen (secondary N) is 2. The Bertz CT molecular complexity index is 1160. The second kappa shape index (κ2) is 10.6. The summed E-state index contributed by atoms with van der Waals surface area (Å²) in [5, 5.41) is 5.51.